The molecule has 0 saturated heterocycles. The number of benzene rings is 1. The summed E-state index contributed by atoms with van der Waals surface area (Å²) in [6, 6.07) is 4.60. The van der Waals surface area contributed by atoms with Crippen LogP contribution in [0.2, 0.25) is 0 Å². The highest BCUT2D eigenvalue weighted by molar-refractivity contribution is 5.90. The number of amides is 1. The Kier molecular flexibility index (Phi) is 7.48. The molecule has 1 aromatic rings. The van der Waals surface area contributed by atoms with Gasteiger partial charge >= 0.3 is 6.18 Å². The van der Waals surface area contributed by atoms with Crippen LogP contribution in [0.15, 0.2) is 24.3 Å². The molecule has 3 nitrogen and oxygen atoms in total. The van der Waals surface area contributed by atoms with Crippen molar-refractivity contribution in [2.75, 3.05) is 18.9 Å². The molecular formula is C12H16ClF3N2O. The molecule has 0 aliphatic heterocycles. The number of hydrogen-bond acceptors (Lipinski definition) is 2. The third-order valence-electron chi connectivity index (χ3n) is 2.30. The van der Waals surface area contributed by atoms with Crippen molar-refractivity contribution in [3.63, 3.8) is 0 Å². The molecule has 0 spiro atoms. The number of carbonyl (C=O) groups excluding carboxylic acids is 1. The van der Waals surface area contributed by atoms with Crippen LogP contribution in [0.1, 0.15) is 18.4 Å². The van der Waals surface area contributed by atoms with Crippen molar-refractivity contribution in [2.24, 2.45) is 0 Å². The van der Waals surface area contributed by atoms with Crippen LogP contribution in [0.5, 0.6) is 0 Å². The maximum Gasteiger partial charge on any atom is 0.416 e. The van der Waals surface area contributed by atoms with E-state index in [-0.39, 0.29) is 30.4 Å². The highest BCUT2D eigenvalue weighted by Gasteiger charge is 2.30. The van der Waals surface area contributed by atoms with Crippen LogP contribution in [0.25, 0.3) is 0 Å². The van der Waals surface area contributed by atoms with E-state index in [9.17, 15) is 18.0 Å². The van der Waals surface area contributed by atoms with Gasteiger partial charge < -0.3 is 10.6 Å². The van der Waals surface area contributed by atoms with Gasteiger partial charge in [0.1, 0.15) is 0 Å². The predicted molar refractivity (Wildman–Crippen MR) is 70.5 cm³/mol. The minimum Gasteiger partial charge on any atom is -0.326 e. The number of anilines is 1. The summed E-state index contributed by atoms with van der Waals surface area (Å²) in [7, 11) is 1.77. The van der Waals surface area contributed by atoms with Crippen LogP contribution in [-0.2, 0) is 11.0 Å². The summed E-state index contributed by atoms with van der Waals surface area (Å²) in [5, 5.41) is 5.33. The number of alkyl halides is 3. The summed E-state index contributed by atoms with van der Waals surface area (Å²) >= 11 is 0. The molecule has 0 unspecified atom stereocenters. The number of hydrogen-bond donors (Lipinski definition) is 2. The fourth-order valence-corrected chi connectivity index (χ4v) is 1.42. The van der Waals surface area contributed by atoms with E-state index in [1.165, 1.54) is 12.1 Å². The van der Waals surface area contributed by atoms with Crippen LogP contribution in [0, 0.1) is 0 Å². The maximum atomic E-state index is 12.4. The van der Waals surface area contributed by atoms with Gasteiger partial charge in [0.15, 0.2) is 0 Å². The maximum absolute atomic E-state index is 12.4. The van der Waals surface area contributed by atoms with Crippen molar-refractivity contribution in [3.8, 4) is 0 Å². The molecule has 0 aliphatic carbocycles. The molecule has 0 heterocycles. The van der Waals surface area contributed by atoms with Crippen molar-refractivity contribution in [2.45, 2.75) is 19.0 Å². The Morgan fingerprint density at radius 3 is 2.58 bits per heavy atom. The summed E-state index contributed by atoms with van der Waals surface area (Å²) in [6.07, 6.45) is -3.48. The van der Waals surface area contributed by atoms with Crippen molar-refractivity contribution < 1.29 is 18.0 Å². The normalized spacial score (nSPS) is 10.7. The van der Waals surface area contributed by atoms with Crippen LogP contribution in [0.3, 0.4) is 0 Å². The molecular weight excluding hydrogens is 281 g/mol. The quantitative estimate of drug-likeness (QED) is 0.820. The highest BCUT2D eigenvalue weighted by Crippen LogP contribution is 2.30. The largest absolute Gasteiger partial charge is 0.416 e. The zero-order valence-electron chi connectivity index (χ0n) is 10.4. The number of nitrogens with one attached hydrogen (secondary N) is 2. The van der Waals surface area contributed by atoms with Gasteiger partial charge in [0.25, 0.3) is 0 Å². The SMILES string of the molecule is CNCCCC(=O)Nc1cccc(C(F)(F)F)c1.Cl. The lowest BCUT2D eigenvalue weighted by molar-refractivity contribution is -0.137. The predicted octanol–water partition coefficient (Wildman–Crippen LogP) is 3.07. The van der Waals surface area contributed by atoms with Crippen molar-refractivity contribution >= 4 is 24.0 Å². The molecule has 0 bridgehead atoms. The molecule has 0 atom stereocenters. The van der Waals surface area contributed by atoms with Gasteiger partial charge in [0, 0.05) is 12.1 Å². The summed E-state index contributed by atoms with van der Waals surface area (Å²) in [4.78, 5) is 11.4. The van der Waals surface area contributed by atoms with E-state index in [4.69, 9.17) is 0 Å². The van der Waals surface area contributed by atoms with Gasteiger partial charge in [-0.1, -0.05) is 6.07 Å². The van der Waals surface area contributed by atoms with Gasteiger partial charge in [-0.25, -0.2) is 0 Å². The average Bonchev–Trinajstić information content (AvgIpc) is 2.28. The van der Waals surface area contributed by atoms with Crippen molar-refractivity contribution in [3.05, 3.63) is 29.8 Å². The second-order valence-corrected chi connectivity index (χ2v) is 3.83. The molecule has 0 saturated carbocycles. The Labute approximate surface area is 116 Å². The third kappa shape index (κ3) is 6.45. The standard InChI is InChI=1S/C12H15F3N2O.ClH/c1-16-7-3-6-11(18)17-10-5-2-4-9(8-10)12(13,14)15;/h2,4-5,8,16H,3,6-7H2,1H3,(H,17,18);1H. The number of rotatable bonds is 5. The first-order chi connectivity index (χ1) is 8.43. The Hall–Kier alpha value is -1.27. The van der Waals surface area contributed by atoms with E-state index in [1.54, 1.807) is 7.05 Å². The Bertz CT molecular complexity index is 410. The van der Waals surface area contributed by atoms with Crippen LogP contribution < -0.4 is 10.6 Å². The molecule has 0 fully saturated rings. The van der Waals surface area contributed by atoms with Gasteiger partial charge in [-0.15, -0.1) is 12.4 Å². The first-order valence-corrected chi connectivity index (χ1v) is 5.55. The number of halogens is 4. The fraction of sp³-hybridized carbons (Fsp3) is 0.417. The zero-order chi connectivity index (χ0) is 13.6. The van der Waals surface area contributed by atoms with Gasteiger partial charge in [0.05, 0.1) is 5.56 Å². The van der Waals surface area contributed by atoms with Gasteiger partial charge in [-0.2, -0.15) is 13.2 Å². The molecule has 108 valence electrons. The minimum absolute atomic E-state index is 0. The summed E-state index contributed by atoms with van der Waals surface area (Å²) < 4.78 is 37.3. The Morgan fingerprint density at radius 1 is 1.32 bits per heavy atom. The third-order valence-corrected chi connectivity index (χ3v) is 2.30. The first kappa shape index (κ1) is 17.7. The summed E-state index contributed by atoms with van der Waals surface area (Å²) in [5.74, 6) is -0.287. The molecule has 0 aromatic heterocycles. The molecule has 1 amide bonds. The molecule has 0 radical (unpaired) electrons. The van der Waals surface area contributed by atoms with E-state index in [0.29, 0.717) is 13.0 Å². The molecule has 7 heteroatoms. The lowest BCUT2D eigenvalue weighted by Gasteiger charge is -2.09. The zero-order valence-corrected chi connectivity index (χ0v) is 11.2. The minimum atomic E-state index is -4.40. The van der Waals surface area contributed by atoms with Gasteiger partial charge in [-0.3, -0.25) is 4.79 Å². The highest BCUT2D eigenvalue weighted by atomic mass is 35.5. The molecule has 2 N–H and O–H groups in total. The monoisotopic (exact) mass is 296 g/mol. The van der Waals surface area contributed by atoms with E-state index < -0.39 is 11.7 Å². The van der Waals surface area contributed by atoms with Crippen LogP contribution in [0.4, 0.5) is 18.9 Å². The smallest absolute Gasteiger partial charge is 0.326 e. The molecule has 1 rings (SSSR count). The van der Waals surface area contributed by atoms with Crippen LogP contribution in [-0.4, -0.2) is 19.5 Å². The Balaban J connectivity index is 0.00000324. The van der Waals surface area contributed by atoms with Gasteiger partial charge in [-0.05, 0) is 38.2 Å². The second kappa shape index (κ2) is 8.01. The fourth-order valence-electron chi connectivity index (χ4n) is 1.42. The summed E-state index contributed by atoms with van der Waals surface area (Å²) in [6.45, 7) is 0.690. The van der Waals surface area contributed by atoms with E-state index in [1.807, 2.05) is 0 Å². The van der Waals surface area contributed by atoms with E-state index >= 15 is 0 Å². The molecule has 19 heavy (non-hydrogen) atoms. The van der Waals surface area contributed by atoms with Crippen molar-refractivity contribution in [1.82, 2.24) is 5.32 Å². The van der Waals surface area contributed by atoms with E-state index in [0.717, 1.165) is 12.1 Å². The second-order valence-electron chi connectivity index (χ2n) is 3.83. The topological polar surface area (TPSA) is 41.1 Å². The first-order valence-electron chi connectivity index (χ1n) is 5.55. The summed E-state index contributed by atoms with van der Waals surface area (Å²) in [5.41, 5.74) is -0.602. The Morgan fingerprint density at radius 2 is 2.00 bits per heavy atom. The van der Waals surface area contributed by atoms with Gasteiger partial charge in [0.2, 0.25) is 5.91 Å². The van der Waals surface area contributed by atoms with Crippen LogP contribution >= 0.6 is 12.4 Å². The van der Waals surface area contributed by atoms with Crippen molar-refractivity contribution in [1.29, 1.82) is 0 Å². The average molecular weight is 297 g/mol. The lowest BCUT2D eigenvalue weighted by Crippen LogP contribution is -2.15. The van der Waals surface area contributed by atoms with E-state index in [2.05, 4.69) is 10.6 Å². The number of carbonyl (C=O) groups is 1. The molecule has 0 aliphatic rings. The lowest BCUT2D eigenvalue weighted by atomic mass is 10.2. The molecule has 1 aromatic carbocycles.